The first-order valence-electron chi connectivity index (χ1n) is 6.70. The van der Waals surface area contributed by atoms with Gasteiger partial charge in [0.25, 0.3) is 5.91 Å². The maximum absolute atomic E-state index is 11.1. The number of hydrogen-bond acceptors (Lipinski definition) is 5. The van der Waals surface area contributed by atoms with Crippen molar-refractivity contribution in [3.63, 3.8) is 0 Å². The van der Waals surface area contributed by atoms with Crippen molar-refractivity contribution >= 4 is 34.6 Å². The number of amides is 1. The fourth-order valence-corrected chi connectivity index (χ4v) is 2.94. The number of nitriles is 1. The molecular formula is C17H11N3O2S. The SMILES string of the molecule is N#C/C(=C\c1ccc(Sc2cccc3cccnc23)o1)C(N)=O. The van der Waals surface area contributed by atoms with Gasteiger partial charge < -0.3 is 10.2 Å². The van der Waals surface area contributed by atoms with Crippen molar-refractivity contribution in [1.29, 1.82) is 5.26 Å². The van der Waals surface area contributed by atoms with Gasteiger partial charge in [-0.15, -0.1) is 0 Å². The molecule has 0 saturated heterocycles. The van der Waals surface area contributed by atoms with Gasteiger partial charge in [0.15, 0.2) is 5.09 Å². The van der Waals surface area contributed by atoms with Crippen molar-refractivity contribution in [3.05, 3.63) is 60.0 Å². The molecule has 0 fully saturated rings. The fraction of sp³-hybridized carbons (Fsp3) is 0. The first kappa shape index (κ1) is 14.9. The van der Waals surface area contributed by atoms with E-state index in [1.54, 1.807) is 24.4 Å². The van der Waals surface area contributed by atoms with Gasteiger partial charge in [0.05, 0.1) is 5.52 Å². The molecular weight excluding hydrogens is 310 g/mol. The molecule has 6 heteroatoms. The Hall–Kier alpha value is -3.04. The number of primary amides is 1. The van der Waals surface area contributed by atoms with Crippen molar-refractivity contribution in [1.82, 2.24) is 4.98 Å². The third-order valence-corrected chi connectivity index (χ3v) is 4.05. The smallest absolute Gasteiger partial charge is 0.259 e. The molecule has 5 nitrogen and oxygen atoms in total. The summed E-state index contributed by atoms with van der Waals surface area (Å²) in [6.45, 7) is 0. The van der Waals surface area contributed by atoms with Gasteiger partial charge in [-0.25, -0.2) is 0 Å². The van der Waals surface area contributed by atoms with Crippen LogP contribution in [0.5, 0.6) is 0 Å². The zero-order chi connectivity index (χ0) is 16.2. The van der Waals surface area contributed by atoms with Gasteiger partial charge in [0.1, 0.15) is 17.4 Å². The van der Waals surface area contributed by atoms with Gasteiger partial charge in [-0.3, -0.25) is 9.78 Å². The van der Waals surface area contributed by atoms with E-state index in [9.17, 15) is 4.79 Å². The van der Waals surface area contributed by atoms with Crippen molar-refractivity contribution in [3.8, 4) is 6.07 Å². The number of aromatic nitrogens is 1. The number of fused-ring (bicyclic) bond motifs is 1. The Morgan fingerprint density at radius 2 is 2.09 bits per heavy atom. The lowest BCUT2D eigenvalue weighted by molar-refractivity contribution is -0.114. The Bertz CT molecular complexity index is 948. The number of benzene rings is 1. The number of nitrogens with zero attached hydrogens (tertiary/aromatic N) is 2. The highest BCUT2D eigenvalue weighted by molar-refractivity contribution is 7.99. The number of para-hydroxylation sites is 1. The predicted molar refractivity (Wildman–Crippen MR) is 87.4 cm³/mol. The van der Waals surface area contributed by atoms with Gasteiger partial charge in [-0.1, -0.05) is 18.2 Å². The van der Waals surface area contributed by atoms with Crippen LogP contribution < -0.4 is 5.73 Å². The summed E-state index contributed by atoms with van der Waals surface area (Å²) in [6, 6.07) is 15.0. The molecule has 2 N–H and O–H groups in total. The molecule has 0 radical (unpaired) electrons. The molecule has 2 heterocycles. The Balaban J connectivity index is 1.90. The molecule has 1 amide bonds. The molecule has 0 spiro atoms. The van der Waals surface area contributed by atoms with Crippen LogP contribution in [0.15, 0.2) is 68.6 Å². The van der Waals surface area contributed by atoms with Gasteiger partial charge in [0.2, 0.25) is 0 Å². The highest BCUT2D eigenvalue weighted by Crippen LogP contribution is 2.33. The molecule has 0 bridgehead atoms. The second kappa shape index (κ2) is 6.38. The molecule has 0 atom stereocenters. The lowest BCUT2D eigenvalue weighted by Crippen LogP contribution is -2.12. The number of furan rings is 1. The summed E-state index contributed by atoms with van der Waals surface area (Å²) in [6.07, 6.45) is 3.07. The number of pyridine rings is 1. The molecule has 1 aromatic carbocycles. The molecule has 0 aliphatic heterocycles. The summed E-state index contributed by atoms with van der Waals surface area (Å²) < 4.78 is 5.62. The average Bonchev–Trinajstić information content (AvgIpc) is 3.00. The maximum Gasteiger partial charge on any atom is 0.259 e. The third kappa shape index (κ3) is 3.25. The second-order valence-electron chi connectivity index (χ2n) is 4.62. The number of nitrogens with two attached hydrogens (primary N) is 1. The fourth-order valence-electron chi connectivity index (χ4n) is 2.03. The summed E-state index contributed by atoms with van der Waals surface area (Å²) in [5, 5.41) is 10.5. The van der Waals surface area contributed by atoms with Gasteiger partial charge >= 0.3 is 0 Å². The minimum atomic E-state index is -0.781. The normalized spacial score (nSPS) is 11.3. The van der Waals surface area contributed by atoms with E-state index >= 15 is 0 Å². The van der Waals surface area contributed by atoms with Gasteiger partial charge in [-0.05, 0) is 36.0 Å². The monoisotopic (exact) mass is 321 g/mol. The zero-order valence-corrected chi connectivity index (χ0v) is 12.7. The van der Waals surface area contributed by atoms with E-state index in [4.69, 9.17) is 15.4 Å². The van der Waals surface area contributed by atoms with Crippen LogP contribution in [-0.2, 0) is 4.79 Å². The van der Waals surface area contributed by atoms with Crippen LogP contribution in [-0.4, -0.2) is 10.9 Å². The minimum Gasteiger partial charge on any atom is -0.450 e. The Kier molecular flexibility index (Phi) is 4.13. The molecule has 112 valence electrons. The van der Waals surface area contributed by atoms with E-state index < -0.39 is 5.91 Å². The van der Waals surface area contributed by atoms with E-state index in [0.29, 0.717) is 10.9 Å². The predicted octanol–water partition coefficient (Wildman–Crippen LogP) is 3.37. The van der Waals surface area contributed by atoms with Crippen LogP contribution in [0.2, 0.25) is 0 Å². The molecule has 0 saturated carbocycles. The van der Waals surface area contributed by atoms with Gasteiger partial charge in [-0.2, -0.15) is 5.26 Å². The lowest BCUT2D eigenvalue weighted by atomic mass is 10.2. The maximum atomic E-state index is 11.1. The van der Waals surface area contributed by atoms with Crippen LogP contribution in [0.4, 0.5) is 0 Å². The number of rotatable bonds is 4. The molecule has 23 heavy (non-hydrogen) atoms. The summed E-state index contributed by atoms with van der Waals surface area (Å²) in [7, 11) is 0. The highest BCUT2D eigenvalue weighted by atomic mass is 32.2. The Morgan fingerprint density at radius 1 is 1.26 bits per heavy atom. The second-order valence-corrected chi connectivity index (χ2v) is 5.67. The minimum absolute atomic E-state index is 0.150. The number of carbonyl (C=O) groups excluding carboxylic acids is 1. The average molecular weight is 321 g/mol. The van der Waals surface area contributed by atoms with E-state index in [-0.39, 0.29) is 5.57 Å². The highest BCUT2D eigenvalue weighted by Gasteiger charge is 2.09. The summed E-state index contributed by atoms with van der Waals surface area (Å²) in [4.78, 5) is 16.4. The molecule has 3 aromatic rings. The first-order valence-corrected chi connectivity index (χ1v) is 7.52. The summed E-state index contributed by atoms with van der Waals surface area (Å²) in [5.41, 5.74) is 5.84. The van der Waals surface area contributed by atoms with Crippen LogP contribution in [0.25, 0.3) is 17.0 Å². The first-order chi connectivity index (χ1) is 11.2. The molecule has 0 aliphatic rings. The third-order valence-electron chi connectivity index (χ3n) is 3.08. The molecule has 0 unspecified atom stereocenters. The molecule has 3 rings (SSSR count). The van der Waals surface area contributed by atoms with Crippen molar-refractivity contribution in [2.75, 3.05) is 0 Å². The summed E-state index contributed by atoms with van der Waals surface area (Å²) >= 11 is 1.42. The van der Waals surface area contributed by atoms with E-state index in [1.165, 1.54) is 17.8 Å². The van der Waals surface area contributed by atoms with E-state index in [0.717, 1.165) is 15.8 Å². The standard InChI is InChI=1S/C17H11N3O2S/c18-10-12(17(19)21)9-13-6-7-15(22-13)23-14-5-1-3-11-4-2-8-20-16(11)14/h1-9H,(H2,19,21)/b12-9+. The van der Waals surface area contributed by atoms with E-state index in [1.807, 2.05) is 30.3 Å². The number of carbonyl (C=O) groups is 1. The van der Waals surface area contributed by atoms with Crippen LogP contribution in [0.1, 0.15) is 5.76 Å². The number of hydrogen-bond donors (Lipinski definition) is 1. The van der Waals surface area contributed by atoms with E-state index in [2.05, 4.69) is 4.98 Å². The van der Waals surface area contributed by atoms with Crippen molar-refractivity contribution in [2.45, 2.75) is 9.99 Å². The van der Waals surface area contributed by atoms with Crippen molar-refractivity contribution < 1.29 is 9.21 Å². The van der Waals surface area contributed by atoms with Crippen LogP contribution in [0.3, 0.4) is 0 Å². The zero-order valence-electron chi connectivity index (χ0n) is 11.9. The lowest BCUT2D eigenvalue weighted by Gasteiger charge is -2.02. The Morgan fingerprint density at radius 3 is 2.87 bits per heavy atom. The topological polar surface area (TPSA) is 92.9 Å². The summed E-state index contributed by atoms with van der Waals surface area (Å²) in [5.74, 6) is -0.382. The van der Waals surface area contributed by atoms with Gasteiger partial charge in [0, 0.05) is 22.6 Å². The molecule has 2 aromatic heterocycles. The largest absolute Gasteiger partial charge is 0.450 e. The quantitative estimate of drug-likeness (QED) is 0.587. The van der Waals surface area contributed by atoms with Crippen LogP contribution in [0, 0.1) is 11.3 Å². The Labute approximate surface area is 136 Å². The van der Waals surface area contributed by atoms with Crippen LogP contribution >= 0.6 is 11.8 Å². The molecule has 0 aliphatic carbocycles. The van der Waals surface area contributed by atoms with Crippen molar-refractivity contribution in [2.24, 2.45) is 5.73 Å².